The highest BCUT2D eigenvalue weighted by Gasteiger charge is 2.43. The predicted octanol–water partition coefficient (Wildman–Crippen LogP) is 2.62. The second-order valence-corrected chi connectivity index (χ2v) is 4.65. The molecule has 1 fully saturated rings. The minimum Gasteiger partial charge on any atom is -0.300 e. The van der Waals surface area contributed by atoms with Crippen molar-refractivity contribution in [3.05, 3.63) is 35.4 Å². The number of ketones is 1. The number of Topliss-reactive ketones (excluding diaryl/α,β-unsaturated/α-hetero) is 1. The zero-order chi connectivity index (χ0) is 9.60. The number of hydrogen-bond acceptors (Lipinski definition) is 1. The topological polar surface area (TPSA) is 17.1 Å². The summed E-state index contributed by atoms with van der Waals surface area (Å²) < 4.78 is 0. The molecular weight excluding hydrogens is 172 g/mol. The molecule has 0 radical (unpaired) electrons. The molecule has 1 aromatic rings. The molecule has 3 rings (SSSR count). The Balaban J connectivity index is 2.09. The normalized spacial score (nSPS) is 29.9. The number of hydrogen-bond donors (Lipinski definition) is 0. The van der Waals surface area contributed by atoms with E-state index in [4.69, 9.17) is 0 Å². The average molecular weight is 186 g/mol. The molecule has 0 saturated heterocycles. The highest BCUT2D eigenvalue weighted by Crippen LogP contribution is 2.48. The van der Waals surface area contributed by atoms with E-state index < -0.39 is 0 Å². The summed E-state index contributed by atoms with van der Waals surface area (Å²) in [6.07, 6.45) is 5.04. The lowest BCUT2D eigenvalue weighted by Gasteiger charge is -2.22. The van der Waals surface area contributed by atoms with E-state index >= 15 is 0 Å². The van der Waals surface area contributed by atoms with E-state index in [-0.39, 0.29) is 5.41 Å². The van der Waals surface area contributed by atoms with E-state index in [1.54, 1.807) is 0 Å². The first-order chi connectivity index (χ1) is 6.80. The van der Waals surface area contributed by atoms with Crippen molar-refractivity contribution in [3.63, 3.8) is 0 Å². The van der Waals surface area contributed by atoms with E-state index in [0.29, 0.717) is 5.78 Å². The van der Waals surface area contributed by atoms with Crippen molar-refractivity contribution in [2.45, 2.75) is 37.5 Å². The lowest BCUT2D eigenvalue weighted by Crippen LogP contribution is -2.18. The molecule has 0 amide bonds. The Morgan fingerprint density at radius 3 is 2.64 bits per heavy atom. The van der Waals surface area contributed by atoms with Crippen LogP contribution in [0, 0.1) is 0 Å². The van der Waals surface area contributed by atoms with Gasteiger partial charge in [-0.05, 0) is 30.4 Å². The Kier molecular flexibility index (Phi) is 1.58. The van der Waals surface area contributed by atoms with Crippen LogP contribution >= 0.6 is 0 Å². The van der Waals surface area contributed by atoms with Crippen molar-refractivity contribution < 1.29 is 4.79 Å². The summed E-state index contributed by atoms with van der Waals surface area (Å²) in [5, 5.41) is 0. The summed E-state index contributed by atoms with van der Waals surface area (Å²) >= 11 is 0. The number of aryl methyl sites for hydroxylation is 1. The average Bonchev–Trinajstić information content (AvgIpc) is 2.75. The van der Waals surface area contributed by atoms with Gasteiger partial charge in [0.1, 0.15) is 5.78 Å². The first kappa shape index (κ1) is 8.22. The molecule has 0 heterocycles. The summed E-state index contributed by atoms with van der Waals surface area (Å²) in [6.45, 7) is 0. The monoisotopic (exact) mass is 186 g/mol. The van der Waals surface area contributed by atoms with E-state index in [2.05, 4.69) is 24.3 Å². The van der Waals surface area contributed by atoms with Crippen LogP contribution < -0.4 is 0 Å². The minimum absolute atomic E-state index is 0.244. The second-order valence-electron chi connectivity index (χ2n) is 4.65. The van der Waals surface area contributed by atoms with Gasteiger partial charge in [0.25, 0.3) is 0 Å². The fraction of sp³-hybridized carbons (Fsp3) is 0.462. The van der Waals surface area contributed by atoms with Crippen LogP contribution in [0.3, 0.4) is 0 Å². The summed E-state index contributed by atoms with van der Waals surface area (Å²) in [6, 6.07) is 8.65. The molecular formula is C13H14O. The van der Waals surface area contributed by atoms with E-state index in [1.807, 2.05) is 0 Å². The molecule has 72 valence electrons. The van der Waals surface area contributed by atoms with Gasteiger partial charge in [-0.3, -0.25) is 4.79 Å². The summed E-state index contributed by atoms with van der Waals surface area (Å²) in [7, 11) is 0. The fourth-order valence-corrected chi connectivity index (χ4v) is 3.14. The van der Waals surface area contributed by atoms with Crippen LogP contribution in [0.5, 0.6) is 0 Å². The van der Waals surface area contributed by atoms with Gasteiger partial charge < -0.3 is 0 Å². The number of rotatable bonds is 0. The van der Waals surface area contributed by atoms with Crippen LogP contribution in [0.2, 0.25) is 0 Å². The quantitative estimate of drug-likeness (QED) is 0.608. The molecule has 1 aromatic carbocycles. The zero-order valence-corrected chi connectivity index (χ0v) is 8.25. The van der Waals surface area contributed by atoms with Crippen LogP contribution in [-0.4, -0.2) is 5.78 Å². The van der Waals surface area contributed by atoms with Gasteiger partial charge in [-0.2, -0.15) is 0 Å². The maximum atomic E-state index is 11.4. The second kappa shape index (κ2) is 2.69. The number of fused-ring (bicyclic) bond motifs is 2. The van der Waals surface area contributed by atoms with Crippen molar-refractivity contribution in [1.29, 1.82) is 0 Å². The smallest absolute Gasteiger partial charge is 0.133 e. The van der Waals surface area contributed by atoms with Crippen LogP contribution in [0.15, 0.2) is 24.3 Å². The van der Waals surface area contributed by atoms with Gasteiger partial charge in [-0.1, -0.05) is 24.3 Å². The van der Waals surface area contributed by atoms with Gasteiger partial charge in [0.2, 0.25) is 0 Å². The Morgan fingerprint density at radius 2 is 1.86 bits per heavy atom. The predicted molar refractivity (Wildman–Crippen MR) is 55.3 cm³/mol. The van der Waals surface area contributed by atoms with Gasteiger partial charge in [0.05, 0.1) is 0 Å². The third-order valence-electron chi connectivity index (χ3n) is 3.88. The molecule has 0 aromatic heterocycles. The Hall–Kier alpha value is -1.11. The molecule has 1 spiro atoms. The Morgan fingerprint density at radius 1 is 1.07 bits per heavy atom. The number of benzene rings is 1. The molecule has 1 saturated carbocycles. The van der Waals surface area contributed by atoms with E-state index in [0.717, 1.165) is 19.3 Å². The highest BCUT2D eigenvalue weighted by molar-refractivity contribution is 5.83. The molecule has 1 atom stereocenters. The summed E-state index contributed by atoms with van der Waals surface area (Å²) in [5.41, 5.74) is 3.18. The molecule has 2 aliphatic carbocycles. The van der Waals surface area contributed by atoms with Crippen LogP contribution in [0.1, 0.15) is 36.8 Å². The van der Waals surface area contributed by atoms with Crippen molar-refractivity contribution in [2.75, 3.05) is 0 Å². The molecule has 0 aliphatic heterocycles. The lowest BCUT2D eigenvalue weighted by atomic mass is 9.80. The Labute approximate surface area is 84.1 Å². The molecule has 0 N–H and O–H groups in total. The minimum atomic E-state index is 0.244. The van der Waals surface area contributed by atoms with Gasteiger partial charge >= 0.3 is 0 Å². The third kappa shape index (κ3) is 0.985. The van der Waals surface area contributed by atoms with Crippen LogP contribution in [0.25, 0.3) is 0 Å². The molecule has 14 heavy (non-hydrogen) atoms. The van der Waals surface area contributed by atoms with Crippen molar-refractivity contribution in [3.8, 4) is 0 Å². The van der Waals surface area contributed by atoms with Crippen molar-refractivity contribution in [1.82, 2.24) is 0 Å². The van der Waals surface area contributed by atoms with Crippen molar-refractivity contribution >= 4 is 5.78 Å². The van der Waals surface area contributed by atoms with E-state index in [1.165, 1.54) is 24.0 Å². The van der Waals surface area contributed by atoms with Gasteiger partial charge in [-0.25, -0.2) is 0 Å². The largest absolute Gasteiger partial charge is 0.300 e. The maximum Gasteiger partial charge on any atom is 0.133 e. The van der Waals surface area contributed by atoms with Crippen LogP contribution in [-0.2, 0) is 16.6 Å². The molecule has 0 bridgehead atoms. The number of carbonyl (C=O) groups excluding carboxylic acids is 1. The molecule has 2 aliphatic rings. The summed E-state index contributed by atoms with van der Waals surface area (Å²) in [5.74, 6) is 0.460. The van der Waals surface area contributed by atoms with Gasteiger partial charge in [-0.15, -0.1) is 0 Å². The lowest BCUT2D eigenvalue weighted by molar-refractivity contribution is -0.117. The standard InChI is InChI=1S/C13H14O/c14-11-6-8-13(9-11)7-5-10-3-1-2-4-12(10)13/h1-4H,5-9H2. The first-order valence-electron chi connectivity index (χ1n) is 5.40. The summed E-state index contributed by atoms with van der Waals surface area (Å²) in [4.78, 5) is 11.4. The van der Waals surface area contributed by atoms with Gasteiger partial charge in [0.15, 0.2) is 0 Å². The highest BCUT2D eigenvalue weighted by atomic mass is 16.1. The van der Waals surface area contributed by atoms with Crippen LogP contribution in [0.4, 0.5) is 0 Å². The van der Waals surface area contributed by atoms with Crippen molar-refractivity contribution in [2.24, 2.45) is 0 Å². The SMILES string of the molecule is O=C1CCC2(CCc3ccccc32)C1. The maximum absolute atomic E-state index is 11.4. The number of carbonyl (C=O) groups is 1. The Bertz CT molecular complexity index is 394. The van der Waals surface area contributed by atoms with E-state index in [9.17, 15) is 4.79 Å². The zero-order valence-electron chi connectivity index (χ0n) is 8.25. The van der Waals surface area contributed by atoms with Gasteiger partial charge in [0, 0.05) is 18.3 Å². The fourth-order valence-electron chi connectivity index (χ4n) is 3.14. The molecule has 1 unspecified atom stereocenters. The third-order valence-corrected chi connectivity index (χ3v) is 3.88. The molecule has 1 nitrogen and oxygen atoms in total. The molecule has 1 heteroatoms. The first-order valence-corrected chi connectivity index (χ1v) is 5.40.